The van der Waals surface area contributed by atoms with E-state index in [4.69, 9.17) is 13.8 Å². The molecule has 0 aromatic carbocycles. The van der Waals surface area contributed by atoms with Gasteiger partial charge in [-0.3, -0.25) is 0 Å². The van der Waals surface area contributed by atoms with Gasteiger partial charge in [0.2, 0.25) is 0 Å². The van der Waals surface area contributed by atoms with Crippen molar-refractivity contribution in [3.05, 3.63) is 25.3 Å². The molecule has 2 N–H and O–H groups in total. The highest BCUT2D eigenvalue weighted by atomic mass is 32.2. The molecule has 0 aromatic rings. The molecule has 0 amide bonds. The Morgan fingerprint density at radius 2 is 1.38 bits per heavy atom. The zero-order valence-corrected chi connectivity index (χ0v) is 8.29. The van der Waals surface area contributed by atoms with Gasteiger partial charge in [-0.05, 0) is 12.2 Å². The predicted molar refractivity (Wildman–Crippen MR) is 50.6 cm³/mol. The van der Waals surface area contributed by atoms with Crippen LogP contribution in [0, 0.1) is 0 Å². The van der Waals surface area contributed by atoms with Crippen molar-refractivity contribution in [3.63, 3.8) is 0 Å². The lowest BCUT2D eigenvalue weighted by molar-refractivity contribution is 0.130. The molecule has 0 aliphatic rings. The summed E-state index contributed by atoms with van der Waals surface area (Å²) in [6.07, 6.45) is 2.14. The highest BCUT2D eigenvalue weighted by Gasteiger charge is 2.19. The molecule has 0 heterocycles. The average molecular weight is 226 g/mol. The second kappa shape index (κ2) is 6.17. The summed E-state index contributed by atoms with van der Waals surface area (Å²) in [6.45, 7) is 6.47. The van der Waals surface area contributed by atoms with Crippen molar-refractivity contribution >= 4 is 22.2 Å². The lowest BCUT2D eigenvalue weighted by atomic mass is 10.6. The monoisotopic (exact) mass is 226 g/mol. The fourth-order valence-electron chi connectivity index (χ4n) is 0.503. The fourth-order valence-corrected chi connectivity index (χ4v) is 1.33. The van der Waals surface area contributed by atoms with E-state index in [-0.39, 0.29) is 0 Å². The van der Waals surface area contributed by atoms with Crippen molar-refractivity contribution in [2.24, 2.45) is 0 Å². The van der Waals surface area contributed by atoms with E-state index < -0.39 is 33.0 Å². The van der Waals surface area contributed by atoms with Gasteiger partial charge in [0.1, 0.15) is 0 Å². The molecular formula is C6H10O5S2. The molecule has 0 radical (unpaired) electrons. The van der Waals surface area contributed by atoms with Crippen LogP contribution in [0.15, 0.2) is 25.3 Å². The van der Waals surface area contributed by atoms with Gasteiger partial charge in [0.25, 0.3) is 0 Å². The smallest absolute Gasteiger partial charge is 0.187 e. The molecule has 0 spiro atoms. The zero-order valence-electron chi connectivity index (χ0n) is 6.66. The summed E-state index contributed by atoms with van der Waals surface area (Å²) in [5, 5.41) is 0. The van der Waals surface area contributed by atoms with Gasteiger partial charge < -0.3 is 13.8 Å². The molecule has 13 heavy (non-hydrogen) atoms. The molecule has 7 heteroatoms. The standard InChI is InChI=1S/C6H10O5S2/c1-3-5(12(7)8)11-6(4-2)13(9)10/h3-6H,1-2H2,(H,7,8)(H,9,10). The lowest BCUT2D eigenvalue weighted by Gasteiger charge is -2.13. The molecule has 0 bridgehead atoms. The third-order valence-electron chi connectivity index (χ3n) is 1.05. The summed E-state index contributed by atoms with van der Waals surface area (Å²) in [7, 11) is 0. The summed E-state index contributed by atoms with van der Waals surface area (Å²) in [6, 6.07) is 0. The van der Waals surface area contributed by atoms with E-state index >= 15 is 0 Å². The van der Waals surface area contributed by atoms with Crippen LogP contribution >= 0.6 is 0 Å². The lowest BCUT2D eigenvalue weighted by Crippen LogP contribution is -2.25. The fraction of sp³-hybridized carbons (Fsp3) is 0.333. The molecule has 0 rings (SSSR count). The number of hydrogen-bond donors (Lipinski definition) is 2. The van der Waals surface area contributed by atoms with Gasteiger partial charge in [0.15, 0.2) is 33.0 Å². The SMILES string of the molecule is C=CC(OC(C=C)S(=O)O)S(=O)O. The Morgan fingerprint density at radius 3 is 1.54 bits per heavy atom. The largest absolute Gasteiger partial charge is 0.335 e. The van der Waals surface area contributed by atoms with Crippen LogP contribution in [0.4, 0.5) is 0 Å². The molecule has 0 aliphatic carbocycles. The molecule has 0 saturated heterocycles. The minimum atomic E-state index is -2.28. The van der Waals surface area contributed by atoms with Gasteiger partial charge in [-0.1, -0.05) is 13.2 Å². The summed E-state index contributed by atoms with van der Waals surface area (Å²) in [4.78, 5) is 0. The number of hydrogen-bond acceptors (Lipinski definition) is 3. The first-order chi connectivity index (χ1) is 6.02. The topological polar surface area (TPSA) is 83.8 Å². The zero-order chi connectivity index (χ0) is 10.4. The normalized spacial score (nSPS) is 19.8. The van der Waals surface area contributed by atoms with E-state index in [1.807, 2.05) is 0 Å². The molecule has 4 unspecified atom stereocenters. The van der Waals surface area contributed by atoms with Gasteiger partial charge in [-0.25, -0.2) is 8.42 Å². The van der Waals surface area contributed by atoms with Crippen LogP contribution in [0.5, 0.6) is 0 Å². The first-order valence-electron chi connectivity index (χ1n) is 3.12. The van der Waals surface area contributed by atoms with Crippen molar-refractivity contribution in [2.75, 3.05) is 0 Å². The van der Waals surface area contributed by atoms with Crippen molar-refractivity contribution in [3.8, 4) is 0 Å². The Bertz CT molecular complexity index is 215. The summed E-state index contributed by atoms with van der Waals surface area (Å²) < 4.78 is 42.9. The van der Waals surface area contributed by atoms with Gasteiger partial charge >= 0.3 is 0 Å². The Kier molecular flexibility index (Phi) is 6.00. The van der Waals surface area contributed by atoms with Crippen molar-refractivity contribution in [1.82, 2.24) is 0 Å². The average Bonchev–Trinajstić information content (AvgIpc) is 2.05. The first-order valence-corrected chi connectivity index (χ1v) is 5.46. The van der Waals surface area contributed by atoms with Crippen LogP contribution in [-0.2, 0) is 26.9 Å². The molecule has 0 aliphatic heterocycles. The van der Waals surface area contributed by atoms with Crippen molar-refractivity contribution < 1.29 is 22.3 Å². The molecule has 76 valence electrons. The van der Waals surface area contributed by atoms with Crippen LogP contribution in [0.1, 0.15) is 0 Å². The van der Waals surface area contributed by atoms with Crippen LogP contribution in [0.25, 0.3) is 0 Å². The first kappa shape index (κ1) is 12.7. The van der Waals surface area contributed by atoms with E-state index in [0.29, 0.717) is 0 Å². The van der Waals surface area contributed by atoms with Gasteiger partial charge in [0, 0.05) is 0 Å². The summed E-state index contributed by atoms with van der Waals surface area (Å²) in [5.41, 5.74) is -2.39. The molecule has 0 fully saturated rings. The molecular weight excluding hydrogens is 216 g/mol. The molecule has 5 nitrogen and oxygen atoms in total. The summed E-state index contributed by atoms with van der Waals surface area (Å²) in [5.74, 6) is 0. The van der Waals surface area contributed by atoms with E-state index in [0.717, 1.165) is 12.2 Å². The van der Waals surface area contributed by atoms with Crippen molar-refractivity contribution in [2.45, 2.75) is 10.9 Å². The number of rotatable bonds is 6. The third-order valence-corrected chi connectivity index (χ3v) is 2.45. The van der Waals surface area contributed by atoms with Gasteiger partial charge in [0.05, 0.1) is 0 Å². The molecule has 0 saturated carbocycles. The van der Waals surface area contributed by atoms with Gasteiger partial charge in [-0.15, -0.1) is 0 Å². The highest BCUT2D eigenvalue weighted by Crippen LogP contribution is 2.06. The van der Waals surface area contributed by atoms with Crippen LogP contribution in [0.3, 0.4) is 0 Å². The Hall–Kier alpha value is -0.340. The van der Waals surface area contributed by atoms with Crippen LogP contribution < -0.4 is 0 Å². The Morgan fingerprint density at radius 1 is 1.08 bits per heavy atom. The molecule has 4 atom stereocenters. The maximum Gasteiger partial charge on any atom is 0.187 e. The second-order valence-corrected chi connectivity index (χ2v) is 3.93. The maximum atomic E-state index is 10.5. The minimum Gasteiger partial charge on any atom is -0.335 e. The quantitative estimate of drug-likeness (QED) is 0.508. The predicted octanol–water partition coefficient (Wildman–Crippen LogP) is 0.471. The highest BCUT2D eigenvalue weighted by molar-refractivity contribution is 7.80. The van der Waals surface area contributed by atoms with E-state index in [2.05, 4.69) is 13.2 Å². The van der Waals surface area contributed by atoms with Gasteiger partial charge in [-0.2, -0.15) is 0 Å². The number of ether oxygens (including phenoxy) is 1. The second-order valence-electron chi connectivity index (χ2n) is 1.90. The van der Waals surface area contributed by atoms with Crippen molar-refractivity contribution in [1.29, 1.82) is 0 Å². The Balaban J connectivity index is 4.36. The van der Waals surface area contributed by atoms with E-state index in [9.17, 15) is 8.42 Å². The van der Waals surface area contributed by atoms with E-state index in [1.165, 1.54) is 0 Å². The maximum absolute atomic E-state index is 10.5. The van der Waals surface area contributed by atoms with E-state index in [1.54, 1.807) is 0 Å². The minimum absolute atomic E-state index is 1.07. The molecule has 0 aromatic heterocycles. The third kappa shape index (κ3) is 4.44. The summed E-state index contributed by atoms with van der Waals surface area (Å²) >= 11 is -4.55. The van der Waals surface area contributed by atoms with Crippen LogP contribution in [-0.4, -0.2) is 28.4 Å². The van der Waals surface area contributed by atoms with Crippen LogP contribution in [0.2, 0.25) is 0 Å². The Labute approximate surface area is 81.1 Å².